The van der Waals surface area contributed by atoms with Crippen LogP contribution in [0.2, 0.25) is 5.15 Å². The van der Waals surface area contributed by atoms with E-state index in [2.05, 4.69) is 50.8 Å². The van der Waals surface area contributed by atoms with E-state index in [9.17, 15) is 31.1 Å². The Morgan fingerprint density at radius 3 is 2.21 bits per heavy atom. The summed E-state index contributed by atoms with van der Waals surface area (Å²) in [6, 6.07) is 10.1. The molecule has 42 heavy (non-hydrogen) atoms. The predicted octanol–water partition coefficient (Wildman–Crippen LogP) is 5.09. The number of nitrogens with zero attached hydrogens (tertiary/aromatic N) is 4. The first-order chi connectivity index (χ1) is 19.5. The maximum absolute atomic E-state index is 13.1. The van der Waals surface area contributed by atoms with E-state index in [4.69, 9.17) is 31.4 Å². The van der Waals surface area contributed by atoms with Gasteiger partial charge in [-0.05, 0) is 43.2 Å². The van der Waals surface area contributed by atoms with Crippen molar-refractivity contribution in [2.45, 2.75) is 37.7 Å². The van der Waals surface area contributed by atoms with Gasteiger partial charge >= 0.3 is 24.3 Å². The molecule has 1 spiro atoms. The van der Waals surface area contributed by atoms with Gasteiger partial charge in [-0.3, -0.25) is 4.79 Å². The van der Waals surface area contributed by atoms with Gasteiger partial charge in [0.05, 0.1) is 16.9 Å². The molecule has 5 heterocycles. The number of likely N-dealkylation sites (tertiary alicyclic amines) is 1. The number of H-pyrrole nitrogens is 1. The summed E-state index contributed by atoms with van der Waals surface area (Å²) in [7, 11) is 0. The van der Waals surface area contributed by atoms with Gasteiger partial charge in [0.1, 0.15) is 10.7 Å². The minimum absolute atomic E-state index is 0.0200. The normalized spacial score (nSPS) is 17.4. The second kappa shape index (κ2) is 12.3. The first-order valence-corrected chi connectivity index (χ1v) is 12.5. The van der Waals surface area contributed by atoms with E-state index in [-0.39, 0.29) is 11.4 Å². The second-order valence-electron chi connectivity index (χ2n) is 9.11. The highest BCUT2D eigenvalue weighted by atomic mass is 35.5. The fourth-order valence-corrected chi connectivity index (χ4v) is 4.90. The van der Waals surface area contributed by atoms with Crippen LogP contribution < -0.4 is 4.90 Å². The Morgan fingerprint density at radius 1 is 1.07 bits per heavy atom. The van der Waals surface area contributed by atoms with Gasteiger partial charge in [0.2, 0.25) is 0 Å². The standard InChI is InChI=1S/C21H22ClN5O.2C2HF3O2/c1-2-9-27-16-5-3-8-23-19(16)26-10-4-6-17(26)21(27)7-11-25(14-21)20(28)15-12-18(22)24-13-15;2*3-2(4,5)1(6)7/h3-6,8,10,12-13,24H,2,7,9,11,14H2,1H3;2*(H,6,7). The fraction of sp³-hybridized carbons (Fsp3) is 0.360. The lowest BCUT2D eigenvalue weighted by Gasteiger charge is -2.47. The number of pyridine rings is 1. The zero-order valence-corrected chi connectivity index (χ0v) is 22.5. The topological polar surface area (TPSA) is 132 Å². The molecular weight excluding hydrogens is 600 g/mol. The number of carboxylic acids is 2. The van der Waals surface area contributed by atoms with Crippen molar-refractivity contribution in [1.82, 2.24) is 19.4 Å². The molecular formula is C25H24ClF6N5O5. The molecule has 3 N–H and O–H groups in total. The predicted molar refractivity (Wildman–Crippen MR) is 137 cm³/mol. The van der Waals surface area contributed by atoms with Gasteiger partial charge in [0.15, 0.2) is 5.82 Å². The lowest BCUT2D eigenvalue weighted by atomic mass is 9.88. The molecule has 0 aliphatic carbocycles. The zero-order chi connectivity index (χ0) is 31.5. The Morgan fingerprint density at radius 2 is 1.69 bits per heavy atom. The van der Waals surface area contributed by atoms with E-state index in [1.165, 1.54) is 5.69 Å². The summed E-state index contributed by atoms with van der Waals surface area (Å²) in [6.07, 6.45) is -2.66. The second-order valence-corrected chi connectivity index (χ2v) is 9.52. The van der Waals surface area contributed by atoms with Gasteiger partial charge in [-0.1, -0.05) is 18.5 Å². The molecule has 5 rings (SSSR count). The van der Waals surface area contributed by atoms with Crippen LogP contribution in [0.1, 0.15) is 35.8 Å². The van der Waals surface area contributed by atoms with Gasteiger partial charge in [-0.15, -0.1) is 0 Å². The summed E-state index contributed by atoms with van der Waals surface area (Å²) in [6.45, 7) is 4.47. The van der Waals surface area contributed by atoms with Gasteiger partial charge in [-0.2, -0.15) is 26.3 Å². The average molecular weight is 624 g/mol. The number of nitrogens with one attached hydrogen (secondary N) is 1. The van der Waals surface area contributed by atoms with E-state index in [1.807, 2.05) is 17.2 Å². The van der Waals surface area contributed by atoms with Crippen molar-refractivity contribution >= 4 is 35.1 Å². The van der Waals surface area contributed by atoms with Crippen molar-refractivity contribution in [2.24, 2.45) is 0 Å². The molecule has 228 valence electrons. The Balaban J connectivity index is 0.000000289. The monoisotopic (exact) mass is 623 g/mol. The Labute approximate surface area is 239 Å². The van der Waals surface area contributed by atoms with E-state index >= 15 is 0 Å². The number of carbonyl (C=O) groups excluding carboxylic acids is 1. The van der Waals surface area contributed by atoms with E-state index < -0.39 is 24.3 Å². The Bertz CT molecular complexity index is 1420. The molecule has 1 unspecified atom stereocenters. The molecule has 1 fully saturated rings. The highest BCUT2D eigenvalue weighted by Gasteiger charge is 2.50. The average Bonchev–Trinajstić information content (AvgIpc) is 3.66. The minimum atomic E-state index is -5.08. The third-order valence-corrected chi connectivity index (χ3v) is 6.61. The number of amides is 1. The van der Waals surface area contributed by atoms with E-state index in [1.54, 1.807) is 12.3 Å². The molecule has 3 aromatic rings. The summed E-state index contributed by atoms with van der Waals surface area (Å²) in [5, 5.41) is 14.7. The van der Waals surface area contributed by atoms with Crippen molar-refractivity contribution in [3.8, 4) is 5.82 Å². The third kappa shape index (κ3) is 6.80. The number of hydrogen-bond acceptors (Lipinski definition) is 5. The maximum atomic E-state index is 13.1. The van der Waals surface area contributed by atoms with Crippen LogP contribution in [0.4, 0.5) is 32.0 Å². The van der Waals surface area contributed by atoms with E-state index in [0.717, 1.165) is 30.9 Å². The molecule has 1 saturated heterocycles. The number of aliphatic carboxylic acids is 2. The molecule has 0 bridgehead atoms. The molecule has 1 atom stereocenters. The number of alkyl halides is 6. The molecule has 3 aromatic heterocycles. The lowest BCUT2D eigenvalue weighted by molar-refractivity contribution is -0.193. The molecule has 0 aromatic carbocycles. The number of carboxylic acid groups (broad SMARTS) is 2. The molecule has 10 nitrogen and oxygen atoms in total. The number of aromatic nitrogens is 3. The quantitative estimate of drug-likeness (QED) is 0.346. The number of carbonyl (C=O) groups is 3. The zero-order valence-electron chi connectivity index (χ0n) is 21.7. The minimum Gasteiger partial charge on any atom is -0.475 e. The number of halogens is 7. The number of hydrogen-bond donors (Lipinski definition) is 3. The number of rotatable bonds is 3. The largest absolute Gasteiger partial charge is 0.490 e. The van der Waals surface area contributed by atoms with Crippen LogP contribution in [0, 0.1) is 0 Å². The molecule has 2 aliphatic rings. The first kappa shape index (κ1) is 32.3. The van der Waals surface area contributed by atoms with Gasteiger partial charge in [0.25, 0.3) is 5.91 Å². The number of aromatic amines is 1. The highest BCUT2D eigenvalue weighted by Crippen LogP contribution is 2.47. The van der Waals surface area contributed by atoms with Crippen LogP contribution in [0.5, 0.6) is 0 Å². The summed E-state index contributed by atoms with van der Waals surface area (Å²) >= 11 is 5.98. The lowest BCUT2D eigenvalue weighted by Crippen LogP contribution is -2.53. The van der Waals surface area contributed by atoms with Crippen LogP contribution >= 0.6 is 11.6 Å². The third-order valence-electron chi connectivity index (χ3n) is 6.39. The van der Waals surface area contributed by atoms with Crippen molar-refractivity contribution in [3.63, 3.8) is 0 Å². The maximum Gasteiger partial charge on any atom is 0.490 e. The molecule has 1 amide bonds. The van der Waals surface area contributed by atoms with Crippen molar-refractivity contribution < 1.29 is 50.9 Å². The Hall–Kier alpha value is -4.21. The van der Waals surface area contributed by atoms with Crippen molar-refractivity contribution in [1.29, 1.82) is 0 Å². The summed E-state index contributed by atoms with van der Waals surface area (Å²) in [4.78, 5) is 42.8. The fourth-order valence-electron chi connectivity index (χ4n) is 4.73. The summed E-state index contributed by atoms with van der Waals surface area (Å²) in [5.41, 5.74) is 2.70. The smallest absolute Gasteiger partial charge is 0.475 e. The first-order valence-electron chi connectivity index (χ1n) is 12.2. The van der Waals surface area contributed by atoms with E-state index in [0.29, 0.717) is 23.8 Å². The number of anilines is 1. The van der Waals surface area contributed by atoms with Gasteiger partial charge in [-0.25, -0.2) is 14.6 Å². The number of fused-ring (bicyclic) bond motifs is 4. The molecule has 17 heteroatoms. The van der Waals surface area contributed by atoms with Crippen molar-refractivity contribution in [2.75, 3.05) is 24.5 Å². The molecule has 0 saturated carbocycles. The highest BCUT2D eigenvalue weighted by molar-refractivity contribution is 6.29. The van der Waals surface area contributed by atoms with Gasteiger partial charge < -0.3 is 29.6 Å². The summed E-state index contributed by atoms with van der Waals surface area (Å²) in [5.74, 6) is -4.53. The van der Waals surface area contributed by atoms with Crippen LogP contribution in [-0.4, -0.2) is 79.5 Å². The van der Waals surface area contributed by atoms with Crippen LogP contribution in [0.3, 0.4) is 0 Å². The van der Waals surface area contributed by atoms with Crippen LogP contribution in [0.25, 0.3) is 5.82 Å². The SMILES string of the molecule is CCCN1c2cccnc2-n2cccc2C12CCN(C(=O)c1c[nH]c(Cl)c1)C2.O=C(O)C(F)(F)F.O=C(O)C(F)(F)F. The van der Waals surface area contributed by atoms with Gasteiger partial charge in [0, 0.05) is 38.2 Å². The van der Waals surface area contributed by atoms with Crippen LogP contribution in [-0.2, 0) is 15.1 Å². The molecule has 2 aliphatic heterocycles. The summed E-state index contributed by atoms with van der Waals surface area (Å²) < 4.78 is 65.7. The van der Waals surface area contributed by atoms with Crippen molar-refractivity contribution in [3.05, 3.63) is 65.3 Å². The van der Waals surface area contributed by atoms with Crippen LogP contribution in [0.15, 0.2) is 48.9 Å². The molecule has 0 radical (unpaired) electrons. The Kier molecular flexibility index (Phi) is 9.49.